The molecule has 1 fully saturated rings. The predicted molar refractivity (Wildman–Crippen MR) is 100 cm³/mol. The summed E-state index contributed by atoms with van der Waals surface area (Å²) in [5, 5.41) is 11.0. The van der Waals surface area contributed by atoms with E-state index in [0.29, 0.717) is 12.3 Å². The zero-order valence-corrected chi connectivity index (χ0v) is 16.8. The van der Waals surface area contributed by atoms with Gasteiger partial charge < -0.3 is 21.3 Å². The lowest BCUT2D eigenvalue weighted by Crippen LogP contribution is -2.46. The van der Waals surface area contributed by atoms with Crippen LogP contribution in [0.3, 0.4) is 0 Å². The fourth-order valence-corrected chi connectivity index (χ4v) is 3.80. The Morgan fingerprint density at radius 1 is 1.28 bits per heavy atom. The lowest BCUT2D eigenvalue weighted by Gasteiger charge is -2.31. The summed E-state index contributed by atoms with van der Waals surface area (Å²) in [6.07, 6.45) is -4.57. The number of amides is 1. The Kier molecular flexibility index (Phi) is 4.76. The van der Waals surface area contributed by atoms with Crippen molar-refractivity contribution in [2.24, 2.45) is 11.5 Å². The minimum atomic E-state index is -4.89. The lowest BCUT2D eigenvalue weighted by atomic mass is 9.81. The number of nitrogens with zero attached hydrogens (tertiary/aromatic N) is 2. The van der Waals surface area contributed by atoms with Gasteiger partial charge in [0, 0.05) is 17.7 Å². The molecule has 2 aromatic rings. The molecular weight excluding hydrogens is 439 g/mol. The summed E-state index contributed by atoms with van der Waals surface area (Å²) in [5.41, 5.74) is 2.38. The van der Waals surface area contributed by atoms with Gasteiger partial charge in [0.1, 0.15) is 34.8 Å². The second kappa shape index (κ2) is 6.82. The summed E-state index contributed by atoms with van der Waals surface area (Å²) in [5.74, 6) is -2.21. The van der Waals surface area contributed by atoms with Crippen molar-refractivity contribution in [1.29, 1.82) is 0 Å². The Hall–Kier alpha value is -2.86. The molecule has 0 radical (unpaired) electrons. The third-order valence-electron chi connectivity index (χ3n) is 6.17. The van der Waals surface area contributed by atoms with Crippen molar-refractivity contribution >= 4 is 5.91 Å². The van der Waals surface area contributed by atoms with Crippen LogP contribution >= 0.6 is 0 Å². The minimum Gasteiger partial charge on any atom is -0.489 e. The summed E-state index contributed by atoms with van der Waals surface area (Å²) in [7, 11) is 0. The maximum atomic E-state index is 15.0. The van der Waals surface area contributed by atoms with Gasteiger partial charge in [-0.15, -0.1) is 0 Å². The Morgan fingerprint density at radius 2 is 1.94 bits per heavy atom. The summed E-state index contributed by atoms with van der Waals surface area (Å²) >= 11 is 0. The zero-order valence-electron chi connectivity index (χ0n) is 16.8. The van der Waals surface area contributed by atoms with Crippen LogP contribution in [0.25, 0.3) is 11.3 Å². The Labute approximate surface area is 178 Å². The first-order valence-corrected chi connectivity index (χ1v) is 9.60. The molecule has 12 heteroatoms. The number of halogens is 5. The largest absolute Gasteiger partial charge is 0.489 e. The van der Waals surface area contributed by atoms with E-state index in [-0.39, 0.29) is 36.5 Å². The molecule has 0 unspecified atom stereocenters. The first kappa shape index (κ1) is 22.3. The van der Waals surface area contributed by atoms with Gasteiger partial charge in [0.25, 0.3) is 0 Å². The number of carbonyl (C=O) groups excluding carboxylic acids is 1. The lowest BCUT2D eigenvalue weighted by molar-refractivity contribution is -0.141. The van der Waals surface area contributed by atoms with Crippen molar-refractivity contribution < 1.29 is 36.6 Å². The molecule has 0 saturated heterocycles. The van der Waals surface area contributed by atoms with Crippen molar-refractivity contribution in [3.8, 4) is 17.0 Å². The quantitative estimate of drug-likeness (QED) is 0.590. The summed E-state index contributed by atoms with van der Waals surface area (Å²) in [6.45, 7) is 0.481. The highest BCUT2D eigenvalue weighted by Crippen LogP contribution is 2.54. The van der Waals surface area contributed by atoms with Gasteiger partial charge in [-0.25, -0.2) is 18.7 Å². The van der Waals surface area contributed by atoms with Crippen molar-refractivity contribution in [2.75, 3.05) is 13.2 Å². The van der Waals surface area contributed by atoms with Crippen LogP contribution in [0.15, 0.2) is 18.3 Å². The highest BCUT2D eigenvalue weighted by molar-refractivity contribution is 5.90. The summed E-state index contributed by atoms with van der Waals surface area (Å²) < 4.78 is 74.8. The van der Waals surface area contributed by atoms with Crippen LogP contribution in [0, 0.1) is 5.82 Å². The van der Waals surface area contributed by atoms with Gasteiger partial charge >= 0.3 is 6.18 Å². The van der Waals surface area contributed by atoms with Gasteiger partial charge in [-0.1, -0.05) is 0 Å². The molecule has 0 spiro atoms. The Balaban J connectivity index is 2.03. The maximum absolute atomic E-state index is 15.0. The highest BCUT2D eigenvalue weighted by atomic mass is 19.4. The van der Waals surface area contributed by atoms with E-state index in [4.69, 9.17) is 16.2 Å². The van der Waals surface area contributed by atoms with Crippen LogP contribution in [0.2, 0.25) is 0 Å². The van der Waals surface area contributed by atoms with Crippen LogP contribution in [-0.4, -0.2) is 39.8 Å². The number of alkyl halides is 4. The van der Waals surface area contributed by atoms with Crippen molar-refractivity contribution in [2.45, 2.75) is 42.6 Å². The van der Waals surface area contributed by atoms with E-state index in [0.717, 1.165) is 0 Å². The number of hydrogen-bond donors (Lipinski definition) is 3. The van der Waals surface area contributed by atoms with E-state index in [9.17, 15) is 27.5 Å². The monoisotopic (exact) mass is 458 g/mol. The van der Waals surface area contributed by atoms with Crippen LogP contribution in [0.1, 0.15) is 36.7 Å². The summed E-state index contributed by atoms with van der Waals surface area (Å²) in [6, 6.07) is 1.61. The van der Waals surface area contributed by atoms with Crippen LogP contribution < -0.4 is 16.2 Å². The number of pyridine rings is 2. The van der Waals surface area contributed by atoms with Gasteiger partial charge in [0.2, 0.25) is 5.91 Å². The van der Waals surface area contributed by atoms with Crippen molar-refractivity contribution in [3.63, 3.8) is 0 Å². The molecule has 1 amide bonds. The smallest absolute Gasteiger partial charge is 0.433 e. The number of hydrogen-bond acceptors (Lipinski definition) is 6. The molecule has 2 atom stereocenters. The minimum absolute atomic E-state index is 0.0276. The third kappa shape index (κ3) is 3.12. The van der Waals surface area contributed by atoms with Gasteiger partial charge in [0.05, 0.1) is 11.9 Å². The molecular formula is C20H19F5N4O3. The van der Waals surface area contributed by atoms with Crippen LogP contribution in [0.4, 0.5) is 22.0 Å². The van der Waals surface area contributed by atoms with Gasteiger partial charge in [-0.05, 0) is 31.9 Å². The van der Waals surface area contributed by atoms with E-state index >= 15 is 4.39 Å². The maximum Gasteiger partial charge on any atom is 0.433 e. The van der Waals surface area contributed by atoms with Crippen molar-refractivity contribution in [3.05, 3.63) is 41.1 Å². The fraction of sp³-hybridized carbons (Fsp3) is 0.450. The molecule has 3 heterocycles. The Morgan fingerprint density at radius 3 is 2.47 bits per heavy atom. The zero-order chi connectivity index (χ0) is 23.7. The van der Waals surface area contributed by atoms with Gasteiger partial charge in [-0.3, -0.25) is 4.79 Å². The van der Waals surface area contributed by atoms with E-state index < -0.39 is 58.1 Å². The third-order valence-corrected chi connectivity index (χ3v) is 6.17. The fourth-order valence-electron chi connectivity index (χ4n) is 3.80. The molecule has 1 saturated carbocycles. The molecule has 7 nitrogen and oxygen atoms in total. The highest BCUT2D eigenvalue weighted by Gasteiger charge is 2.62. The number of carbonyl (C=O) groups is 1. The average Bonchev–Trinajstić information content (AvgIpc) is 3.39. The molecule has 1 aliphatic heterocycles. The molecule has 1 aliphatic carbocycles. The molecule has 4 rings (SSSR count). The molecule has 2 aromatic heterocycles. The van der Waals surface area contributed by atoms with E-state index in [1.54, 1.807) is 0 Å². The summed E-state index contributed by atoms with van der Waals surface area (Å²) in [4.78, 5) is 19.3. The first-order valence-electron chi connectivity index (χ1n) is 9.60. The second-order valence-corrected chi connectivity index (χ2v) is 8.29. The Bertz CT molecular complexity index is 1120. The van der Waals surface area contributed by atoms with Crippen LogP contribution in [-0.2, 0) is 22.0 Å². The normalized spacial score (nSPS) is 23.2. The van der Waals surface area contributed by atoms with Crippen molar-refractivity contribution in [1.82, 2.24) is 9.97 Å². The predicted octanol–water partition coefficient (Wildman–Crippen LogP) is 2.09. The van der Waals surface area contributed by atoms with Gasteiger partial charge in [0.15, 0.2) is 11.4 Å². The molecule has 0 aromatic carbocycles. The molecule has 2 aliphatic rings. The topological polar surface area (TPSA) is 124 Å². The van der Waals surface area contributed by atoms with E-state index in [1.807, 2.05) is 0 Å². The SMILES string of the molecule is C[C@]1(C(N)=O)COc2c1cc([C@@](O)(CN)C1(F)CC1)nc2-c1cc(C(F)(F)F)ncc1F. The standard InChI is InChI=1S/C20H19F5N4O3/c1-17(16(27)30)8-32-15-10(17)5-12(19(31,7-26)18(22)2-3-18)29-14(15)9-4-13(20(23,24)25)28-6-11(9)21/h4-6,31H,2-3,7-8,26H2,1H3,(H2,27,30)/t17-,19-/m0/s1. The van der Waals surface area contributed by atoms with E-state index in [1.165, 1.54) is 13.0 Å². The number of rotatable bonds is 5. The molecule has 5 N–H and O–H groups in total. The molecule has 32 heavy (non-hydrogen) atoms. The molecule has 172 valence electrons. The number of fused-ring (bicyclic) bond motifs is 1. The number of aromatic nitrogens is 2. The number of aliphatic hydroxyl groups is 1. The first-order chi connectivity index (χ1) is 14.8. The number of ether oxygens (including phenoxy) is 1. The number of nitrogens with two attached hydrogens (primary N) is 2. The second-order valence-electron chi connectivity index (χ2n) is 8.29. The van der Waals surface area contributed by atoms with E-state index in [2.05, 4.69) is 9.97 Å². The molecule has 0 bridgehead atoms. The van der Waals surface area contributed by atoms with Gasteiger partial charge in [-0.2, -0.15) is 13.2 Å². The average molecular weight is 458 g/mol. The number of primary amides is 1. The van der Waals surface area contributed by atoms with Crippen LogP contribution in [0.5, 0.6) is 5.75 Å².